The van der Waals surface area contributed by atoms with E-state index in [0.717, 1.165) is 36.8 Å². The van der Waals surface area contributed by atoms with E-state index in [-0.39, 0.29) is 42.4 Å². The molecule has 4 heterocycles. The van der Waals surface area contributed by atoms with Crippen LogP contribution in [0.1, 0.15) is 47.2 Å². The summed E-state index contributed by atoms with van der Waals surface area (Å²) in [6.45, 7) is 7.21. The van der Waals surface area contributed by atoms with Gasteiger partial charge in [0.15, 0.2) is 0 Å². The molecule has 11 nitrogen and oxygen atoms in total. The molecule has 3 aromatic carbocycles. The lowest BCUT2D eigenvalue weighted by molar-refractivity contribution is -0.134. The number of nitrogens with zero attached hydrogens (tertiary/aromatic N) is 7. The lowest BCUT2D eigenvalue weighted by atomic mass is 10.1. The van der Waals surface area contributed by atoms with Crippen LogP contribution in [0.2, 0.25) is 0 Å². The summed E-state index contributed by atoms with van der Waals surface area (Å²) in [5, 5.41) is 0. The Morgan fingerprint density at radius 2 is 1.19 bits per heavy atom. The largest absolute Gasteiger partial charge is 0.491 e. The molecule has 0 N–H and O–H groups in total. The van der Waals surface area contributed by atoms with Crippen molar-refractivity contribution in [3.05, 3.63) is 120 Å². The number of halogens is 2. The topological polar surface area (TPSA) is 92.8 Å². The molecular weight excluding hydrogens is 729 g/mol. The summed E-state index contributed by atoms with van der Waals surface area (Å²) in [5.74, 6) is -0.321. The van der Waals surface area contributed by atoms with E-state index in [1.165, 1.54) is 30.5 Å². The molecule has 0 radical (unpaired) electrons. The number of fused-ring (bicyclic) bond motifs is 3. The first-order chi connectivity index (χ1) is 27.8. The Balaban J connectivity index is 1.05. The minimum atomic E-state index is -0.282. The van der Waals surface area contributed by atoms with Gasteiger partial charge in [-0.3, -0.25) is 29.2 Å². The Morgan fingerprint density at radius 3 is 1.81 bits per heavy atom. The average Bonchev–Trinajstić information content (AvgIpc) is 3.24. The number of hydrogen-bond donors (Lipinski definition) is 0. The maximum absolute atomic E-state index is 14.3. The molecule has 57 heavy (non-hydrogen) atoms. The van der Waals surface area contributed by atoms with Crippen LogP contribution < -0.4 is 9.64 Å². The predicted octanol–water partition coefficient (Wildman–Crippen LogP) is 5.58. The van der Waals surface area contributed by atoms with Gasteiger partial charge in [-0.2, -0.15) is 0 Å². The molecule has 0 saturated carbocycles. The van der Waals surface area contributed by atoms with Gasteiger partial charge in [-0.1, -0.05) is 49.2 Å². The van der Waals surface area contributed by atoms with E-state index in [1.54, 1.807) is 41.4 Å². The lowest BCUT2D eigenvalue weighted by Crippen LogP contribution is -2.51. The van der Waals surface area contributed by atoms with Crippen LogP contribution in [0.5, 0.6) is 5.75 Å². The molecule has 0 aliphatic carbocycles. The summed E-state index contributed by atoms with van der Waals surface area (Å²) in [6.07, 6.45) is 6.52. The van der Waals surface area contributed by atoms with Gasteiger partial charge in [-0.25, -0.2) is 8.78 Å². The molecule has 2 saturated heterocycles. The number of pyridine rings is 1. The van der Waals surface area contributed by atoms with Crippen LogP contribution in [0.25, 0.3) is 0 Å². The Morgan fingerprint density at radius 1 is 0.632 bits per heavy atom. The highest BCUT2D eigenvalue weighted by molar-refractivity contribution is 5.97. The zero-order chi connectivity index (χ0) is 39.6. The van der Waals surface area contributed by atoms with Gasteiger partial charge in [0.25, 0.3) is 5.91 Å². The van der Waals surface area contributed by atoms with Crippen LogP contribution in [-0.2, 0) is 22.7 Å². The molecule has 0 atom stereocenters. The van der Waals surface area contributed by atoms with E-state index in [9.17, 15) is 23.2 Å². The van der Waals surface area contributed by atoms with Crippen molar-refractivity contribution in [3.8, 4) is 5.75 Å². The minimum Gasteiger partial charge on any atom is -0.491 e. The van der Waals surface area contributed by atoms with Crippen molar-refractivity contribution < 1.29 is 27.9 Å². The summed E-state index contributed by atoms with van der Waals surface area (Å²) in [4.78, 5) is 58.2. The third kappa shape index (κ3) is 10.7. The van der Waals surface area contributed by atoms with Crippen LogP contribution in [0, 0.1) is 11.6 Å². The normalized spacial score (nSPS) is 17.7. The zero-order valence-electron chi connectivity index (χ0n) is 32.4. The summed E-state index contributed by atoms with van der Waals surface area (Å²) in [5.41, 5.74) is 3.66. The molecule has 2 fully saturated rings. The molecule has 300 valence electrons. The Labute approximate surface area is 333 Å². The van der Waals surface area contributed by atoms with Crippen LogP contribution in [0.4, 0.5) is 20.2 Å². The van der Waals surface area contributed by atoms with Gasteiger partial charge in [-0.05, 0) is 66.4 Å². The Bertz CT molecular complexity index is 1970. The first-order valence-corrected chi connectivity index (χ1v) is 20.0. The number of amides is 3. The van der Waals surface area contributed by atoms with E-state index < -0.39 is 0 Å². The number of para-hydroxylation sites is 2. The van der Waals surface area contributed by atoms with Gasteiger partial charge in [0.05, 0.1) is 29.7 Å². The second-order valence-electron chi connectivity index (χ2n) is 15.0. The van der Waals surface area contributed by atoms with Gasteiger partial charge < -0.3 is 24.3 Å². The molecule has 7 rings (SSSR count). The van der Waals surface area contributed by atoms with Crippen LogP contribution in [0.15, 0.2) is 91.3 Å². The molecule has 13 heteroatoms. The van der Waals surface area contributed by atoms with E-state index >= 15 is 0 Å². The molecule has 0 spiro atoms. The fourth-order valence-electron chi connectivity index (χ4n) is 7.69. The lowest BCUT2D eigenvalue weighted by Gasteiger charge is -2.36. The maximum Gasteiger partial charge on any atom is 0.255 e. The summed E-state index contributed by atoms with van der Waals surface area (Å²) >= 11 is 0. The van der Waals surface area contributed by atoms with E-state index in [1.807, 2.05) is 39.0 Å². The molecule has 4 aromatic rings. The summed E-state index contributed by atoms with van der Waals surface area (Å²) < 4.78 is 33.1. The van der Waals surface area contributed by atoms with Crippen LogP contribution >= 0.6 is 0 Å². The highest BCUT2D eigenvalue weighted by atomic mass is 19.1. The van der Waals surface area contributed by atoms with Gasteiger partial charge >= 0.3 is 0 Å². The highest BCUT2D eigenvalue weighted by Crippen LogP contribution is 2.34. The second kappa shape index (κ2) is 19.2. The van der Waals surface area contributed by atoms with Gasteiger partial charge in [0, 0.05) is 78.2 Å². The fraction of sp³-hybridized carbons (Fsp3) is 0.409. The number of ether oxygens (including phenoxy) is 1. The molecule has 3 aliphatic heterocycles. The van der Waals surface area contributed by atoms with Crippen molar-refractivity contribution >= 4 is 29.1 Å². The number of hydrogen-bond acceptors (Lipinski definition) is 8. The number of piperazine rings is 2. The first-order valence-electron chi connectivity index (χ1n) is 20.0. The monoisotopic (exact) mass is 779 g/mol. The average molecular weight is 780 g/mol. The third-order valence-corrected chi connectivity index (χ3v) is 11.0. The number of aromatic nitrogens is 1. The molecule has 2 bridgehead atoms. The standard InChI is InChI=1S/C44H51F2N7O4/c45-37-13-9-34(10-14-37)30-48-18-22-50(23-19-48)42(54)32-52-17-5-1-2-6-26-57-41-8-4-3-7-40(41)53(39-27-36(44(52)56)28-47-29-39)33-43(55)51-24-20-49(21-25-51)31-35-11-15-38(46)16-12-35/h3-4,7-16,27-29H,1-2,5-6,17-26,30-33H2. The van der Waals surface area contributed by atoms with Crippen molar-refractivity contribution in [2.75, 3.05) is 83.5 Å². The van der Waals surface area contributed by atoms with Gasteiger partial charge in [-0.15, -0.1) is 0 Å². The number of rotatable bonds is 8. The number of benzene rings is 3. The van der Waals surface area contributed by atoms with Crippen molar-refractivity contribution in [2.45, 2.75) is 38.8 Å². The van der Waals surface area contributed by atoms with Crippen LogP contribution in [-0.4, -0.2) is 126 Å². The Hall–Kier alpha value is -5.40. The van der Waals surface area contributed by atoms with Gasteiger partial charge in [0.1, 0.15) is 30.5 Å². The quantitative estimate of drug-likeness (QED) is 0.229. The number of anilines is 2. The van der Waals surface area contributed by atoms with Crippen molar-refractivity contribution in [2.24, 2.45) is 0 Å². The summed E-state index contributed by atoms with van der Waals surface area (Å²) in [7, 11) is 0. The minimum absolute atomic E-state index is 0.00694. The SMILES string of the molecule is O=C(CN1CCCCCCOc2ccccc2N(CC(=O)N2CCN(Cc3ccc(F)cc3)CC2)c2cncc(c2)C1=O)N1CCN(Cc2ccc(F)cc2)CC1. The third-order valence-electron chi connectivity index (χ3n) is 11.0. The Kier molecular flexibility index (Phi) is 13.4. The smallest absolute Gasteiger partial charge is 0.255 e. The maximum atomic E-state index is 14.3. The molecule has 0 unspecified atom stereocenters. The van der Waals surface area contributed by atoms with E-state index in [0.29, 0.717) is 101 Å². The van der Waals surface area contributed by atoms with Crippen molar-refractivity contribution in [1.29, 1.82) is 0 Å². The van der Waals surface area contributed by atoms with E-state index in [4.69, 9.17) is 4.74 Å². The highest BCUT2D eigenvalue weighted by Gasteiger charge is 2.28. The molecule has 3 amide bonds. The van der Waals surface area contributed by atoms with E-state index in [2.05, 4.69) is 14.8 Å². The number of carbonyl (C=O) groups excluding carboxylic acids is 3. The van der Waals surface area contributed by atoms with Gasteiger partial charge in [0.2, 0.25) is 11.8 Å². The molecular formula is C44H51F2N7O4. The predicted molar refractivity (Wildman–Crippen MR) is 214 cm³/mol. The zero-order valence-corrected chi connectivity index (χ0v) is 32.4. The first kappa shape index (κ1) is 39.8. The summed E-state index contributed by atoms with van der Waals surface area (Å²) in [6, 6.07) is 22.4. The second-order valence-corrected chi connectivity index (χ2v) is 15.0. The van der Waals surface area contributed by atoms with Crippen molar-refractivity contribution in [3.63, 3.8) is 0 Å². The molecule has 3 aliphatic rings. The van der Waals surface area contributed by atoms with Crippen LogP contribution in [0.3, 0.4) is 0 Å². The fourth-order valence-corrected chi connectivity index (χ4v) is 7.69. The molecule has 1 aromatic heterocycles. The van der Waals surface area contributed by atoms with Crippen molar-refractivity contribution in [1.82, 2.24) is 29.5 Å². The number of carbonyl (C=O) groups is 3.